The third-order valence-electron chi connectivity index (χ3n) is 4.18. The Morgan fingerprint density at radius 1 is 1.21 bits per heavy atom. The van der Waals surface area contributed by atoms with Gasteiger partial charge in [-0.05, 0) is 42.8 Å². The van der Waals surface area contributed by atoms with Crippen LogP contribution in [0.2, 0.25) is 0 Å². The van der Waals surface area contributed by atoms with Crippen molar-refractivity contribution in [2.24, 2.45) is 5.92 Å². The van der Waals surface area contributed by atoms with Crippen molar-refractivity contribution in [1.82, 2.24) is 0 Å². The number of amides is 2. The summed E-state index contributed by atoms with van der Waals surface area (Å²) in [6.45, 7) is 2.33. The SMILES string of the molecule is Cc1ccccc1N1C[C@@H](C(=O)Nc2ccc(C#N)cc2)CC1=O. The average Bonchev–Trinajstić information content (AvgIpc) is 2.98. The van der Waals surface area contributed by atoms with Crippen LogP contribution >= 0.6 is 0 Å². The molecule has 0 saturated carbocycles. The van der Waals surface area contributed by atoms with Crippen molar-refractivity contribution in [1.29, 1.82) is 5.26 Å². The Bertz CT molecular complexity index is 821. The maximum Gasteiger partial charge on any atom is 0.229 e. The predicted molar refractivity (Wildman–Crippen MR) is 91.4 cm³/mol. The number of hydrogen-bond donors (Lipinski definition) is 1. The third-order valence-corrected chi connectivity index (χ3v) is 4.18. The van der Waals surface area contributed by atoms with E-state index in [1.54, 1.807) is 29.2 Å². The molecule has 1 heterocycles. The molecule has 3 rings (SSSR count). The molecule has 5 nitrogen and oxygen atoms in total. The Hall–Kier alpha value is -3.13. The van der Waals surface area contributed by atoms with Gasteiger partial charge in [-0.15, -0.1) is 0 Å². The van der Waals surface area contributed by atoms with Crippen LogP contribution in [0.15, 0.2) is 48.5 Å². The minimum absolute atomic E-state index is 0.0377. The molecule has 0 aromatic heterocycles. The first-order valence-corrected chi connectivity index (χ1v) is 7.75. The quantitative estimate of drug-likeness (QED) is 0.945. The first-order chi connectivity index (χ1) is 11.6. The van der Waals surface area contributed by atoms with Crippen LogP contribution in [-0.4, -0.2) is 18.4 Å². The predicted octanol–water partition coefficient (Wildman–Crippen LogP) is 2.86. The highest BCUT2D eigenvalue weighted by Crippen LogP contribution is 2.28. The normalized spacial score (nSPS) is 16.8. The lowest BCUT2D eigenvalue weighted by molar-refractivity contribution is -0.122. The molecule has 0 unspecified atom stereocenters. The molecule has 1 aliphatic rings. The lowest BCUT2D eigenvalue weighted by Gasteiger charge is -2.19. The van der Waals surface area contributed by atoms with Crippen LogP contribution in [0.25, 0.3) is 0 Å². The number of rotatable bonds is 3. The van der Waals surface area contributed by atoms with Gasteiger partial charge in [0.1, 0.15) is 0 Å². The highest BCUT2D eigenvalue weighted by molar-refractivity contribution is 6.03. The van der Waals surface area contributed by atoms with Crippen LogP contribution in [0.4, 0.5) is 11.4 Å². The van der Waals surface area contributed by atoms with Gasteiger partial charge in [0.25, 0.3) is 0 Å². The fourth-order valence-corrected chi connectivity index (χ4v) is 2.85. The molecule has 2 aromatic carbocycles. The van der Waals surface area contributed by atoms with Crippen LogP contribution in [0.5, 0.6) is 0 Å². The van der Waals surface area contributed by atoms with Crippen molar-refractivity contribution < 1.29 is 9.59 Å². The summed E-state index contributed by atoms with van der Waals surface area (Å²) < 4.78 is 0. The van der Waals surface area contributed by atoms with E-state index in [-0.39, 0.29) is 24.2 Å². The molecule has 1 saturated heterocycles. The number of carbonyl (C=O) groups is 2. The minimum Gasteiger partial charge on any atom is -0.326 e. The molecule has 0 bridgehead atoms. The zero-order chi connectivity index (χ0) is 17.1. The minimum atomic E-state index is -0.382. The van der Waals surface area contributed by atoms with Crippen molar-refractivity contribution in [3.05, 3.63) is 59.7 Å². The Balaban J connectivity index is 1.70. The molecule has 120 valence electrons. The van der Waals surface area contributed by atoms with Crippen molar-refractivity contribution in [2.45, 2.75) is 13.3 Å². The number of nitriles is 1. The average molecular weight is 319 g/mol. The summed E-state index contributed by atoms with van der Waals surface area (Å²) in [4.78, 5) is 26.4. The van der Waals surface area contributed by atoms with Gasteiger partial charge < -0.3 is 10.2 Å². The summed E-state index contributed by atoms with van der Waals surface area (Å²) in [6, 6.07) is 16.4. The Kier molecular flexibility index (Phi) is 4.30. The van der Waals surface area contributed by atoms with E-state index in [9.17, 15) is 9.59 Å². The number of nitrogens with one attached hydrogen (secondary N) is 1. The van der Waals surface area contributed by atoms with Gasteiger partial charge >= 0.3 is 0 Å². The van der Waals surface area contributed by atoms with Gasteiger partial charge in [0, 0.05) is 24.3 Å². The van der Waals surface area contributed by atoms with Crippen LogP contribution in [0.1, 0.15) is 17.5 Å². The molecule has 1 N–H and O–H groups in total. The molecule has 0 radical (unpaired) electrons. The monoisotopic (exact) mass is 319 g/mol. The molecule has 1 fully saturated rings. The van der Waals surface area contributed by atoms with E-state index >= 15 is 0 Å². The van der Waals surface area contributed by atoms with Gasteiger partial charge in [-0.2, -0.15) is 5.26 Å². The number of anilines is 2. The summed E-state index contributed by atoms with van der Waals surface area (Å²) in [5.74, 6) is -0.596. The Morgan fingerprint density at radius 2 is 1.92 bits per heavy atom. The van der Waals surface area contributed by atoms with Crippen LogP contribution in [0.3, 0.4) is 0 Å². The van der Waals surface area contributed by atoms with E-state index in [1.807, 2.05) is 37.3 Å². The summed E-state index contributed by atoms with van der Waals surface area (Å²) in [7, 11) is 0. The van der Waals surface area contributed by atoms with E-state index in [0.717, 1.165) is 11.3 Å². The zero-order valence-corrected chi connectivity index (χ0v) is 13.3. The smallest absolute Gasteiger partial charge is 0.229 e. The standard InChI is InChI=1S/C19H17N3O2/c1-13-4-2-3-5-17(13)22-12-15(10-18(22)23)19(24)21-16-8-6-14(11-20)7-9-16/h2-9,15H,10,12H2,1H3,(H,21,24)/t15-/m0/s1. The van der Waals surface area contributed by atoms with Gasteiger partial charge in [-0.3, -0.25) is 9.59 Å². The van der Waals surface area contributed by atoms with Crippen molar-refractivity contribution in [3.63, 3.8) is 0 Å². The second kappa shape index (κ2) is 6.55. The highest BCUT2D eigenvalue weighted by Gasteiger charge is 2.35. The molecule has 2 aromatic rings. The number of hydrogen-bond acceptors (Lipinski definition) is 3. The van der Waals surface area contributed by atoms with E-state index in [2.05, 4.69) is 5.32 Å². The second-order valence-corrected chi connectivity index (χ2v) is 5.87. The van der Waals surface area contributed by atoms with Gasteiger partial charge in [0.2, 0.25) is 11.8 Å². The maximum atomic E-state index is 12.4. The molecule has 1 aliphatic heterocycles. The summed E-state index contributed by atoms with van der Waals surface area (Å²) in [6.07, 6.45) is 0.205. The Morgan fingerprint density at radius 3 is 2.58 bits per heavy atom. The summed E-state index contributed by atoms with van der Waals surface area (Å²) in [5, 5.41) is 11.6. The molecule has 0 spiro atoms. The van der Waals surface area contributed by atoms with Gasteiger partial charge in [0.15, 0.2) is 0 Å². The highest BCUT2D eigenvalue weighted by atomic mass is 16.2. The molecule has 2 amide bonds. The summed E-state index contributed by atoms with van der Waals surface area (Å²) in [5.41, 5.74) is 3.03. The molecular weight excluding hydrogens is 302 g/mol. The number of para-hydroxylation sites is 1. The maximum absolute atomic E-state index is 12.4. The van der Waals surface area contributed by atoms with Crippen LogP contribution < -0.4 is 10.2 Å². The molecule has 24 heavy (non-hydrogen) atoms. The van der Waals surface area contributed by atoms with Gasteiger partial charge in [-0.1, -0.05) is 18.2 Å². The van der Waals surface area contributed by atoms with Crippen molar-refractivity contribution in [3.8, 4) is 6.07 Å². The number of aryl methyl sites for hydroxylation is 1. The molecule has 0 aliphatic carbocycles. The Labute approximate surface area is 140 Å². The van der Waals surface area contributed by atoms with Crippen LogP contribution in [-0.2, 0) is 9.59 Å². The zero-order valence-electron chi connectivity index (χ0n) is 13.3. The number of benzene rings is 2. The van der Waals surface area contributed by atoms with E-state index in [4.69, 9.17) is 5.26 Å². The number of nitrogens with zero attached hydrogens (tertiary/aromatic N) is 2. The fourth-order valence-electron chi connectivity index (χ4n) is 2.85. The first-order valence-electron chi connectivity index (χ1n) is 7.75. The molecule has 1 atom stereocenters. The lowest BCUT2D eigenvalue weighted by atomic mass is 10.1. The fraction of sp³-hybridized carbons (Fsp3) is 0.211. The van der Waals surface area contributed by atoms with E-state index in [0.29, 0.717) is 17.8 Å². The van der Waals surface area contributed by atoms with E-state index < -0.39 is 0 Å². The van der Waals surface area contributed by atoms with E-state index in [1.165, 1.54) is 0 Å². The van der Waals surface area contributed by atoms with Gasteiger partial charge in [-0.25, -0.2) is 0 Å². The third kappa shape index (κ3) is 3.13. The second-order valence-electron chi connectivity index (χ2n) is 5.87. The van der Waals surface area contributed by atoms with Crippen LogP contribution in [0, 0.1) is 24.2 Å². The van der Waals surface area contributed by atoms with Crippen molar-refractivity contribution >= 4 is 23.2 Å². The largest absolute Gasteiger partial charge is 0.326 e. The molecule has 5 heteroatoms. The topological polar surface area (TPSA) is 73.2 Å². The summed E-state index contributed by atoms with van der Waals surface area (Å²) >= 11 is 0. The first kappa shape index (κ1) is 15.8. The number of carbonyl (C=O) groups excluding carboxylic acids is 2. The lowest BCUT2D eigenvalue weighted by Crippen LogP contribution is -2.28. The van der Waals surface area contributed by atoms with Crippen molar-refractivity contribution in [2.75, 3.05) is 16.8 Å². The molecular formula is C19H17N3O2. The van der Waals surface area contributed by atoms with Gasteiger partial charge in [0.05, 0.1) is 17.6 Å².